The van der Waals surface area contributed by atoms with E-state index in [9.17, 15) is 9.59 Å². The smallest absolute Gasteiger partial charge is 0.331 e. The monoisotopic (exact) mass is 133 g/mol. The zero-order chi connectivity index (χ0) is 9.89. The third-order valence-electron chi connectivity index (χ3n) is 0.472. The number of hydrogen-bond donors (Lipinski definition) is 2. The van der Waals surface area contributed by atoms with Crippen LogP contribution in [0.5, 0.6) is 0 Å². The summed E-state index contributed by atoms with van der Waals surface area (Å²) >= 11 is 0. The zero-order valence-corrected chi connectivity index (χ0v) is 4.29. The van der Waals surface area contributed by atoms with Crippen LogP contribution in [0.4, 0.5) is 0 Å². The van der Waals surface area contributed by atoms with E-state index in [0.717, 1.165) is 0 Å². The van der Waals surface area contributed by atoms with Gasteiger partial charge in [-0.1, -0.05) is 0 Å². The van der Waals surface area contributed by atoms with Crippen molar-refractivity contribution in [2.75, 3.05) is 0 Å². The van der Waals surface area contributed by atoms with E-state index in [1.165, 1.54) is 0 Å². The maximum atomic E-state index is 10.2. The van der Waals surface area contributed by atoms with Crippen molar-refractivity contribution >= 4 is 11.9 Å². The molecule has 0 rings (SSSR count). The fourth-order valence-electron chi connectivity index (χ4n) is 0.169. The maximum absolute atomic E-state index is 10.2. The lowest BCUT2D eigenvalue weighted by Gasteiger charge is -1.86. The first-order valence-electron chi connectivity index (χ1n) is 3.55. The van der Waals surface area contributed by atoms with E-state index in [1.54, 1.807) is 0 Å². The Labute approximate surface area is 55.6 Å². The number of hydrogen-bond acceptors (Lipinski definition) is 2. The molecule has 2 N–H and O–H groups in total. The molecule has 0 saturated heterocycles. The van der Waals surface area contributed by atoms with Crippen LogP contribution < -0.4 is 0 Å². The summed E-state index contributed by atoms with van der Waals surface area (Å²) in [6, 6.07) is -1.22. The second-order valence-corrected chi connectivity index (χ2v) is 1.15. The van der Waals surface area contributed by atoms with Crippen molar-refractivity contribution in [2.45, 2.75) is 6.88 Å². The van der Waals surface area contributed by atoms with Crippen LogP contribution in [-0.4, -0.2) is 22.2 Å². The van der Waals surface area contributed by atoms with E-state index in [0.29, 0.717) is 0 Å². The predicted molar refractivity (Wildman–Crippen MR) is 29.0 cm³/mol. The summed E-state index contributed by atoms with van der Waals surface area (Å²) in [4.78, 5) is 20.3. The van der Waals surface area contributed by atoms with Crippen molar-refractivity contribution in [2.24, 2.45) is 0 Å². The van der Waals surface area contributed by atoms with Crippen LogP contribution in [0.1, 0.15) is 11.0 Å². The number of carboxylic acid groups (broad SMARTS) is 2. The van der Waals surface area contributed by atoms with Crippen molar-refractivity contribution in [1.29, 1.82) is 0 Å². The Hall–Kier alpha value is -1.32. The molecule has 0 fully saturated rings. The standard InChI is InChI=1S/C5H6O4/c1-3(5(8)9)2-4(6)7/h2H,1H3,(H,6,7)(H,8,9)/b3-2+/i1D2,2D. The number of carbonyl (C=O) groups is 2. The van der Waals surface area contributed by atoms with Crippen LogP contribution >= 0.6 is 0 Å². The van der Waals surface area contributed by atoms with Crippen LogP contribution in [0.25, 0.3) is 0 Å². The molecule has 0 amide bonds. The van der Waals surface area contributed by atoms with Crippen LogP contribution in [0.2, 0.25) is 0 Å². The molecule has 9 heavy (non-hydrogen) atoms. The lowest BCUT2D eigenvalue weighted by Crippen LogP contribution is -1.99. The van der Waals surface area contributed by atoms with Gasteiger partial charge in [0.05, 0.1) is 1.37 Å². The fourth-order valence-corrected chi connectivity index (χ4v) is 0.169. The molecule has 0 atom stereocenters. The van der Waals surface area contributed by atoms with Gasteiger partial charge < -0.3 is 10.2 Å². The Morgan fingerprint density at radius 1 is 1.67 bits per heavy atom. The maximum Gasteiger partial charge on any atom is 0.331 e. The molecule has 4 heteroatoms. The summed E-state index contributed by atoms with van der Waals surface area (Å²) in [6.07, 6.45) is 0. The Bertz CT molecular complexity index is 245. The number of carboxylic acids is 2. The van der Waals surface area contributed by atoms with Crippen LogP contribution in [0.15, 0.2) is 11.6 Å². The lowest BCUT2D eigenvalue weighted by atomic mass is 10.3. The summed E-state index contributed by atoms with van der Waals surface area (Å²) in [6.45, 7) is -1.97. The summed E-state index contributed by atoms with van der Waals surface area (Å²) in [5.41, 5.74) is -1.04. The Kier molecular flexibility index (Phi) is 1.16. The first-order chi connectivity index (χ1) is 5.37. The highest BCUT2D eigenvalue weighted by Crippen LogP contribution is 1.89. The Balaban J connectivity index is 5.08. The highest BCUT2D eigenvalue weighted by Gasteiger charge is 2.00. The summed E-state index contributed by atoms with van der Waals surface area (Å²) < 4.78 is 20.0. The molecule has 0 aliphatic carbocycles. The van der Waals surface area contributed by atoms with Gasteiger partial charge in [-0.15, -0.1) is 0 Å². The molecule has 0 radical (unpaired) electrons. The average Bonchev–Trinajstić information content (AvgIpc) is 1.85. The van der Waals surface area contributed by atoms with E-state index in [-0.39, 0.29) is 0 Å². The number of aliphatic carboxylic acids is 2. The molecule has 50 valence electrons. The van der Waals surface area contributed by atoms with Crippen LogP contribution in [0.3, 0.4) is 0 Å². The van der Waals surface area contributed by atoms with Gasteiger partial charge in [0.15, 0.2) is 0 Å². The highest BCUT2D eigenvalue weighted by atomic mass is 16.4. The predicted octanol–water partition coefficient (Wildman–Crippen LogP) is 0.102. The molecular formula is C5H6O4. The van der Waals surface area contributed by atoms with Gasteiger partial charge in [0.1, 0.15) is 0 Å². The van der Waals surface area contributed by atoms with Crippen molar-refractivity contribution in [3.8, 4) is 0 Å². The molecule has 4 nitrogen and oxygen atoms in total. The molecule has 0 saturated carbocycles. The minimum absolute atomic E-state index is 1.04. The lowest BCUT2D eigenvalue weighted by molar-refractivity contribution is -0.135. The van der Waals surface area contributed by atoms with Crippen molar-refractivity contribution < 1.29 is 23.9 Å². The highest BCUT2D eigenvalue weighted by molar-refractivity contribution is 5.93. The Morgan fingerprint density at radius 2 is 2.22 bits per heavy atom. The molecule has 0 aromatic carbocycles. The molecule has 0 bridgehead atoms. The first-order valence-corrected chi connectivity index (χ1v) is 1.89. The Morgan fingerprint density at radius 3 is 2.33 bits per heavy atom. The molecule has 0 aromatic heterocycles. The largest absolute Gasteiger partial charge is 0.478 e. The van der Waals surface area contributed by atoms with Crippen molar-refractivity contribution in [1.82, 2.24) is 0 Å². The van der Waals surface area contributed by atoms with Crippen molar-refractivity contribution in [3.05, 3.63) is 11.6 Å². The van der Waals surface area contributed by atoms with Gasteiger partial charge in [-0.25, -0.2) is 9.59 Å². The van der Waals surface area contributed by atoms with Crippen LogP contribution in [0, 0.1) is 0 Å². The molecule has 0 unspecified atom stereocenters. The minimum Gasteiger partial charge on any atom is -0.478 e. The van der Waals surface area contributed by atoms with Gasteiger partial charge in [0.25, 0.3) is 0 Å². The van der Waals surface area contributed by atoms with Gasteiger partial charge in [-0.2, -0.15) is 0 Å². The SMILES string of the molecule is [2H]/C(C(=O)O)=C(\C(=O)O)C([2H])[2H]. The first kappa shape index (κ1) is 3.66. The molecule has 0 aliphatic heterocycles. The molecule has 0 spiro atoms. The minimum atomic E-state index is -1.97. The normalized spacial score (nSPS) is 17.2. The number of rotatable bonds is 2. The van der Waals surface area contributed by atoms with Gasteiger partial charge in [0, 0.05) is 14.4 Å². The molecular weight excluding hydrogens is 124 g/mol. The van der Waals surface area contributed by atoms with E-state index < -0.39 is 30.4 Å². The van der Waals surface area contributed by atoms with Crippen LogP contribution in [-0.2, 0) is 9.59 Å². The summed E-state index contributed by atoms with van der Waals surface area (Å²) in [5, 5.41) is 16.5. The molecule has 0 heterocycles. The third-order valence-corrected chi connectivity index (χ3v) is 0.472. The molecule has 0 aromatic rings. The third kappa shape index (κ3) is 3.28. The second kappa shape index (κ2) is 2.86. The zero-order valence-electron chi connectivity index (χ0n) is 7.29. The van der Waals surface area contributed by atoms with E-state index in [4.69, 9.17) is 14.3 Å². The summed E-state index contributed by atoms with van der Waals surface area (Å²) in [7, 11) is 0. The fraction of sp³-hybridized carbons (Fsp3) is 0.200. The summed E-state index contributed by atoms with van der Waals surface area (Å²) in [5.74, 6) is -3.48. The van der Waals surface area contributed by atoms with Gasteiger partial charge in [-0.05, 0) is 6.88 Å². The van der Waals surface area contributed by atoms with Gasteiger partial charge in [-0.3, -0.25) is 0 Å². The van der Waals surface area contributed by atoms with E-state index in [1.807, 2.05) is 0 Å². The van der Waals surface area contributed by atoms with Gasteiger partial charge in [0.2, 0.25) is 0 Å². The second-order valence-electron chi connectivity index (χ2n) is 1.15. The average molecular weight is 133 g/mol. The quantitative estimate of drug-likeness (QED) is 0.524. The van der Waals surface area contributed by atoms with E-state index >= 15 is 0 Å². The molecule has 0 aliphatic rings. The van der Waals surface area contributed by atoms with Crippen molar-refractivity contribution in [3.63, 3.8) is 0 Å². The topological polar surface area (TPSA) is 74.6 Å². The van der Waals surface area contributed by atoms with Gasteiger partial charge >= 0.3 is 11.9 Å². The van der Waals surface area contributed by atoms with E-state index in [2.05, 4.69) is 0 Å².